The Labute approximate surface area is 176 Å². The van der Waals surface area contributed by atoms with Gasteiger partial charge in [-0.15, -0.1) is 0 Å². The van der Waals surface area contributed by atoms with Gasteiger partial charge in [0.05, 0.1) is 46.9 Å². The summed E-state index contributed by atoms with van der Waals surface area (Å²) < 4.78 is 35.6. The summed E-state index contributed by atoms with van der Waals surface area (Å²) in [6.07, 6.45) is 0. The van der Waals surface area contributed by atoms with Crippen LogP contribution in [-0.4, -0.2) is 21.8 Å². The highest BCUT2D eigenvalue weighted by Crippen LogP contribution is 2.34. The van der Waals surface area contributed by atoms with Gasteiger partial charge in [-0.2, -0.15) is 5.26 Å². The summed E-state index contributed by atoms with van der Waals surface area (Å²) >= 11 is -2.68. The molecule has 0 fully saturated rings. The number of aryl methyl sites for hydroxylation is 1. The molecule has 30 heavy (non-hydrogen) atoms. The first-order valence-corrected chi connectivity index (χ1v) is 9.82. The van der Waals surface area contributed by atoms with Gasteiger partial charge in [-0.25, -0.2) is 4.79 Å². The Hall–Kier alpha value is -3.67. The molecule has 1 atom stereocenters. The number of esters is 1. The van der Waals surface area contributed by atoms with Gasteiger partial charge in [0, 0.05) is 0 Å². The molecule has 0 saturated heterocycles. The van der Waals surface area contributed by atoms with Crippen molar-refractivity contribution in [3.63, 3.8) is 0 Å². The molecule has 7 nitrogen and oxygen atoms in total. The molecule has 3 aromatic carbocycles. The van der Waals surface area contributed by atoms with E-state index in [1.54, 1.807) is 54.6 Å². The highest BCUT2D eigenvalue weighted by molar-refractivity contribution is 7.81. The molecule has 0 amide bonds. The number of nitriles is 1. The van der Waals surface area contributed by atoms with E-state index < -0.39 is 17.2 Å². The number of hydrogen-bond acceptors (Lipinski definition) is 6. The van der Waals surface area contributed by atoms with E-state index in [4.69, 9.17) is 14.7 Å². The predicted octanol–water partition coefficient (Wildman–Crippen LogP) is 4.38. The van der Waals surface area contributed by atoms with E-state index >= 15 is 0 Å². The van der Waals surface area contributed by atoms with Crippen LogP contribution in [-0.2, 0) is 16.0 Å². The molecule has 1 unspecified atom stereocenters. The smallest absolute Gasteiger partial charge is 0.340 e. The molecule has 0 aliphatic carbocycles. The molecule has 0 spiro atoms. The van der Waals surface area contributed by atoms with E-state index in [-0.39, 0.29) is 11.3 Å². The van der Waals surface area contributed by atoms with Crippen LogP contribution in [0, 0.1) is 18.3 Å². The number of benzene rings is 3. The Bertz CT molecular complexity index is 1120. The van der Waals surface area contributed by atoms with Gasteiger partial charge in [-0.3, -0.25) is 8.51 Å². The first-order chi connectivity index (χ1) is 14.4. The Balaban J connectivity index is 2.03. The molecule has 0 aliphatic rings. The van der Waals surface area contributed by atoms with E-state index in [1.165, 1.54) is 19.2 Å². The number of rotatable bonds is 6. The predicted molar refractivity (Wildman–Crippen MR) is 111 cm³/mol. The van der Waals surface area contributed by atoms with Gasteiger partial charge in [-0.05, 0) is 61.5 Å². The van der Waals surface area contributed by atoms with Crippen molar-refractivity contribution in [3.05, 3.63) is 83.4 Å². The maximum absolute atomic E-state index is 12.4. The van der Waals surface area contributed by atoms with Crippen LogP contribution in [0.25, 0.3) is 0 Å². The molecule has 3 aromatic rings. The van der Waals surface area contributed by atoms with Crippen molar-refractivity contribution >= 4 is 28.6 Å². The highest BCUT2D eigenvalue weighted by atomic mass is 32.2. The zero-order valence-corrected chi connectivity index (χ0v) is 17.0. The number of ether oxygens (including phenoxy) is 2. The van der Waals surface area contributed by atoms with Crippen molar-refractivity contribution in [3.8, 4) is 17.6 Å². The number of nitrogens with zero attached hydrogens (tertiary/aromatic N) is 2. The molecular weight excluding hydrogens is 404 g/mol. The molecule has 8 heteroatoms. The van der Waals surface area contributed by atoms with Gasteiger partial charge in [0.25, 0.3) is 0 Å². The Morgan fingerprint density at radius 2 is 1.67 bits per heavy atom. The molecule has 0 aromatic heterocycles. The molecule has 0 saturated carbocycles. The van der Waals surface area contributed by atoms with Crippen LogP contribution >= 0.6 is 0 Å². The molecule has 152 valence electrons. The van der Waals surface area contributed by atoms with Gasteiger partial charge >= 0.3 is 5.97 Å². The van der Waals surface area contributed by atoms with E-state index in [0.29, 0.717) is 22.7 Å². The molecule has 0 radical (unpaired) electrons. The van der Waals surface area contributed by atoms with Crippen molar-refractivity contribution in [1.29, 1.82) is 5.26 Å². The summed E-state index contributed by atoms with van der Waals surface area (Å²) in [4.78, 5) is 12.4. The lowest BCUT2D eigenvalue weighted by atomic mass is 10.1. The summed E-state index contributed by atoms with van der Waals surface area (Å²) in [5.41, 5.74) is 1.98. The number of methoxy groups -OCH3 is 1. The van der Waals surface area contributed by atoms with Crippen molar-refractivity contribution in [1.82, 2.24) is 0 Å². The lowest BCUT2D eigenvalue weighted by Crippen LogP contribution is -2.22. The summed E-state index contributed by atoms with van der Waals surface area (Å²) in [6, 6.07) is 19.7. The van der Waals surface area contributed by atoms with E-state index in [9.17, 15) is 13.6 Å². The summed E-state index contributed by atoms with van der Waals surface area (Å²) in [7, 11) is 1.21. The Morgan fingerprint density at radius 3 is 2.23 bits per heavy atom. The van der Waals surface area contributed by atoms with Crippen molar-refractivity contribution < 1.29 is 23.0 Å². The molecule has 0 heterocycles. The van der Waals surface area contributed by atoms with Gasteiger partial charge in [0.1, 0.15) is 11.5 Å². The normalized spacial score (nSPS) is 11.3. The largest absolute Gasteiger partial charge is 0.755 e. The average Bonchev–Trinajstić information content (AvgIpc) is 2.76. The molecule has 0 N–H and O–H groups in total. The van der Waals surface area contributed by atoms with Crippen LogP contribution < -0.4 is 9.04 Å². The highest BCUT2D eigenvalue weighted by Gasteiger charge is 2.21. The summed E-state index contributed by atoms with van der Waals surface area (Å²) in [5.74, 6) is 0.0580. The Kier molecular flexibility index (Phi) is 6.47. The summed E-state index contributed by atoms with van der Waals surface area (Å²) in [6.45, 7) is 1.89. The molecule has 3 rings (SSSR count). The zero-order valence-electron chi connectivity index (χ0n) is 16.2. The standard InChI is InChI=1S/C22H18N2O5S/c1-15-3-7-17(8-4-15)24(30(26)27)21-12-11-19(13-20(21)22(25)28-2)29-18-9-5-16(14-23)6-10-18/h3-13H,1-2H3,(H,26,27)/p-1. The fraction of sp³-hybridized carbons (Fsp3) is 0.0909. The van der Waals surface area contributed by atoms with Crippen LogP contribution in [0.4, 0.5) is 11.4 Å². The van der Waals surface area contributed by atoms with E-state index in [2.05, 4.69) is 0 Å². The quantitative estimate of drug-likeness (QED) is 0.432. The molecule has 0 aliphatic heterocycles. The second-order valence-corrected chi connectivity index (χ2v) is 7.06. The van der Waals surface area contributed by atoms with Gasteiger partial charge in [0.15, 0.2) is 0 Å². The van der Waals surface area contributed by atoms with Crippen molar-refractivity contribution in [2.24, 2.45) is 0 Å². The zero-order chi connectivity index (χ0) is 21.7. The van der Waals surface area contributed by atoms with Crippen molar-refractivity contribution in [2.45, 2.75) is 6.92 Å². The number of carbonyl (C=O) groups excluding carboxylic acids is 1. The third kappa shape index (κ3) is 4.66. The van der Waals surface area contributed by atoms with Gasteiger partial charge < -0.3 is 14.0 Å². The maximum Gasteiger partial charge on any atom is 0.340 e. The second kappa shape index (κ2) is 9.22. The van der Waals surface area contributed by atoms with Crippen LogP contribution in [0.3, 0.4) is 0 Å². The van der Waals surface area contributed by atoms with Gasteiger partial charge in [-0.1, -0.05) is 17.7 Å². The van der Waals surface area contributed by atoms with Crippen LogP contribution in [0.5, 0.6) is 11.5 Å². The topological polar surface area (TPSA) is 103 Å². The lowest BCUT2D eigenvalue weighted by molar-refractivity contribution is 0.0601. The average molecular weight is 421 g/mol. The van der Waals surface area contributed by atoms with E-state index in [0.717, 1.165) is 9.87 Å². The minimum atomic E-state index is -2.68. The SMILES string of the molecule is COC(=O)c1cc(Oc2ccc(C#N)cc2)ccc1N(c1ccc(C)cc1)S(=O)[O-]. The molecule has 0 bridgehead atoms. The maximum atomic E-state index is 12.4. The van der Waals surface area contributed by atoms with Crippen LogP contribution in [0.2, 0.25) is 0 Å². The summed E-state index contributed by atoms with van der Waals surface area (Å²) in [5, 5.41) is 8.88. The minimum absolute atomic E-state index is 0.0217. The van der Waals surface area contributed by atoms with E-state index in [1.807, 2.05) is 13.0 Å². The van der Waals surface area contributed by atoms with Crippen molar-refractivity contribution in [2.75, 3.05) is 11.4 Å². The fourth-order valence-corrected chi connectivity index (χ4v) is 3.36. The monoisotopic (exact) mass is 421 g/mol. The fourth-order valence-electron chi connectivity index (χ4n) is 2.75. The lowest BCUT2D eigenvalue weighted by Gasteiger charge is -2.28. The third-order valence-corrected chi connectivity index (χ3v) is 4.93. The second-order valence-electron chi connectivity index (χ2n) is 6.26. The van der Waals surface area contributed by atoms with Crippen LogP contribution in [0.1, 0.15) is 21.5 Å². The first kappa shape index (κ1) is 21.0. The Morgan fingerprint density at radius 1 is 1.03 bits per heavy atom. The third-order valence-electron chi connectivity index (χ3n) is 4.23. The van der Waals surface area contributed by atoms with Gasteiger partial charge in [0.2, 0.25) is 0 Å². The number of hydrogen-bond donors (Lipinski definition) is 0. The minimum Gasteiger partial charge on any atom is -0.755 e. The number of carbonyl (C=O) groups is 1. The first-order valence-electron chi connectivity index (χ1n) is 8.79. The van der Waals surface area contributed by atoms with Crippen LogP contribution in [0.15, 0.2) is 66.7 Å². The molecular formula is C22H17N2O5S-. The number of anilines is 2.